The van der Waals surface area contributed by atoms with E-state index in [0.717, 1.165) is 38.4 Å². The minimum Gasteiger partial charge on any atom is -0.494 e. The van der Waals surface area contributed by atoms with Gasteiger partial charge in [0.2, 0.25) is 0 Å². The topological polar surface area (TPSA) is 15.7 Å². The molecule has 0 aromatic heterocycles. The number of anilines is 1. The van der Waals surface area contributed by atoms with E-state index in [1.807, 2.05) is 30.3 Å². The molecule has 0 aliphatic carbocycles. The van der Waals surface area contributed by atoms with Crippen molar-refractivity contribution in [2.24, 2.45) is 0 Å². The van der Waals surface area contributed by atoms with Crippen molar-refractivity contribution in [3.05, 3.63) is 60.7 Å². The zero-order valence-electron chi connectivity index (χ0n) is 13.9. The first-order valence-electron chi connectivity index (χ1n) is 8.51. The fourth-order valence-electron chi connectivity index (χ4n) is 3.18. The third-order valence-corrected chi connectivity index (χ3v) is 4.58. The second-order valence-corrected chi connectivity index (χ2v) is 6.22. The second kappa shape index (κ2) is 8.02. The highest BCUT2D eigenvalue weighted by molar-refractivity contribution is 5.47. The maximum Gasteiger partial charge on any atom is 0.119 e. The molecule has 1 unspecified atom stereocenters. The summed E-state index contributed by atoms with van der Waals surface area (Å²) in [5, 5.41) is 0. The van der Waals surface area contributed by atoms with Crippen LogP contribution < -0.4 is 9.64 Å². The Bertz CT molecular complexity index is 573. The zero-order chi connectivity index (χ0) is 15.9. The lowest BCUT2D eigenvalue weighted by Crippen LogP contribution is -2.35. The van der Waals surface area contributed by atoms with E-state index in [1.165, 1.54) is 12.1 Å². The van der Waals surface area contributed by atoms with E-state index in [0.29, 0.717) is 6.04 Å². The Morgan fingerprint density at radius 3 is 2.48 bits per heavy atom. The van der Waals surface area contributed by atoms with E-state index in [9.17, 15) is 0 Å². The van der Waals surface area contributed by atoms with Crippen LogP contribution >= 0.6 is 0 Å². The highest BCUT2D eigenvalue weighted by atomic mass is 16.5. The Morgan fingerprint density at radius 2 is 1.74 bits per heavy atom. The smallest absolute Gasteiger partial charge is 0.119 e. The van der Waals surface area contributed by atoms with Crippen LogP contribution in [0.3, 0.4) is 0 Å². The Kier molecular flexibility index (Phi) is 5.54. The minimum absolute atomic E-state index is 0.645. The minimum atomic E-state index is 0.645. The quantitative estimate of drug-likeness (QED) is 0.726. The molecule has 0 radical (unpaired) electrons. The molecule has 3 heteroatoms. The number of ether oxygens (including phenoxy) is 1. The van der Waals surface area contributed by atoms with Crippen molar-refractivity contribution >= 4 is 5.69 Å². The average molecular weight is 310 g/mol. The molecular weight excluding hydrogens is 284 g/mol. The summed E-state index contributed by atoms with van der Waals surface area (Å²) in [6.45, 7) is 4.14. The van der Waals surface area contributed by atoms with Crippen molar-refractivity contribution < 1.29 is 4.74 Å². The molecule has 1 atom stereocenters. The van der Waals surface area contributed by atoms with Gasteiger partial charge in [-0.1, -0.05) is 36.4 Å². The summed E-state index contributed by atoms with van der Waals surface area (Å²) in [5.41, 5.74) is 1.34. The summed E-state index contributed by atoms with van der Waals surface area (Å²) < 4.78 is 5.77. The lowest BCUT2D eigenvalue weighted by atomic mass is 10.2. The molecule has 23 heavy (non-hydrogen) atoms. The van der Waals surface area contributed by atoms with Gasteiger partial charge in [-0.3, -0.25) is 0 Å². The van der Waals surface area contributed by atoms with Gasteiger partial charge in [0.05, 0.1) is 6.61 Å². The third-order valence-electron chi connectivity index (χ3n) is 4.58. The first-order valence-corrected chi connectivity index (χ1v) is 8.51. The third kappa shape index (κ3) is 4.49. The molecule has 3 rings (SSSR count). The van der Waals surface area contributed by atoms with Crippen LogP contribution in [-0.2, 0) is 0 Å². The van der Waals surface area contributed by atoms with Crippen molar-refractivity contribution in [3.8, 4) is 5.75 Å². The molecular formula is C20H26N2O. The maximum absolute atomic E-state index is 5.77. The van der Waals surface area contributed by atoms with E-state index in [2.05, 4.69) is 47.2 Å². The van der Waals surface area contributed by atoms with E-state index >= 15 is 0 Å². The average Bonchev–Trinajstić information content (AvgIpc) is 3.10. The molecule has 0 saturated carbocycles. The summed E-state index contributed by atoms with van der Waals surface area (Å²) in [6, 6.07) is 21.4. The van der Waals surface area contributed by atoms with Crippen LogP contribution in [0.15, 0.2) is 60.7 Å². The van der Waals surface area contributed by atoms with Crippen molar-refractivity contribution in [2.75, 3.05) is 38.2 Å². The highest BCUT2D eigenvalue weighted by Crippen LogP contribution is 2.22. The molecule has 0 bridgehead atoms. The van der Waals surface area contributed by atoms with Gasteiger partial charge in [-0.2, -0.15) is 0 Å². The van der Waals surface area contributed by atoms with Gasteiger partial charge >= 0.3 is 0 Å². The SMILES string of the molecule is CN(CCCOc1ccccc1)C1CCN(c2ccccc2)C1. The van der Waals surface area contributed by atoms with E-state index in [-0.39, 0.29) is 0 Å². The molecule has 2 aromatic rings. The van der Waals surface area contributed by atoms with E-state index < -0.39 is 0 Å². The summed E-state index contributed by atoms with van der Waals surface area (Å²) in [4.78, 5) is 4.97. The predicted molar refractivity (Wildman–Crippen MR) is 96.2 cm³/mol. The van der Waals surface area contributed by atoms with Crippen LogP contribution in [-0.4, -0.2) is 44.2 Å². The van der Waals surface area contributed by atoms with Crippen molar-refractivity contribution in [1.82, 2.24) is 4.90 Å². The fraction of sp³-hybridized carbons (Fsp3) is 0.400. The van der Waals surface area contributed by atoms with Gasteiger partial charge in [0, 0.05) is 31.4 Å². The van der Waals surface area contributed by atoms with Crippen LogP contribution in [0.25, 0.3) is 0 Å². The number of hydrogen-bond donors (Lipinski definition) is 0. The molecule has 1 aliphatic rings. The second-order valence-electron chi connectivity index (χ2n) is 6.22. The zero-order valence-corrected chi connectivity index (χ0v) is 13.9. The molecule has 0 spiro atoms. The molecule has 1 fully saturated rings. The molecule has 0 N–H and O–H groups in total. The van der Waals surface area contributed by atoms with Crippen molar-refractivity contribution in [1.29, 1.82) is 0 Å². The lowest BCUT2D eigenvalue weighted by Gasteiger charge is -2.25. The molecule has 3 nitrogen and oxygen atoms in total. The molecule has 1 saturated heterocycles. The Balaban J connectivity index is 1.38. The van der Waals surface area contributed by atoms with Crippen LogP contribution in [0, 0.1) is 0 Å². The molecule has 1 heterocycles. The van der Waals surface area contributed by atoms with Crippen molar-refractivity contribution in [3.63, 3.8) is 0 Å². The number of rotatable bonds is 7. The fourth-order valence-corrected chi connectivity index (χ4v) is 3.18. The summed E-state index contributed by atoms with van der Waals surface area (Å²) in [5.74, 6) is 0.964. The van der Waals surface area contributed by atoms with Crippen LogP contribution in [0.1, 0.15) is 12.8 Å². The van der Waals surface area contributed by atoms with Crippen LogP contribution in [0.5, 0.6) is 5.75 Å². The van der Waals surface area contributed by atoms with Crippen LogP contribution in [0.2, 0.25) is 0 Å². The molecule has 1 aliphatic heterocycles. The Morgan fingerprint density at radius 1 is 1.04 bits per heavy atom. The van der Waals surface area contributed by atoms with Gasteiger partial charge in [-0.15, -0.1) is 0 Å². The summed E-state index contributed by atoms with van der Waals surface area (Å²) >= 11 is 0. The Labute approximate surface area is 139 Å². The van der Waals surface area contributed by atoms with Gasteiger partial charge in [-0.25, -0.2) is 0 Å². The monoisotopic (exact) mass is 310 g/mol. The highest BCUT2D eigenvalue weighted by Gasteiger charge is 2.25. The van der Waals surface area contributed by atoms with Gasteiger partial charge in [0.25, 0.3) is 0 Å². The molecule has 122 valence electrons. The maximum atomic E-state index is 5.77. The standard InChI is InChI=1S/C20H26N2O/c1-21(14-8-16-23-20-11-6-3-7-12-20)19-13-15-22(17-19)18-9-4-2-5-10-18/h2-7,9-12,19H,8,13-17H2,1H3. The summed E-state index contributed by atoms with van der Waals surface area (Å²) in [7, 11) is 2.24. The normalized spacial score (nSPS) is 17.7. The van der Waals surface area contributed by atoms with Crippen LogP contribution in [0.4, 0.5) is 5.69 Å². The van der Waals surface area contributed by atoms with Gasteiger partial charge in [0.15, 0.2) is 0 Å². The number of likely N-dealkylation sites (N-methyl/N-ethyl adjacent to an activating group) is 1. The number of nitrogens with zero attached hydrogens (tertiary/aromatic N) is 2. The first-order chi connectivity index (χ1) is 11.3. The number of benzene rings is 2. The number of hydrogen-bond acceptors (Lipinski definition) is 3. The summed E-state index contributed by atoms with van der Waals surface area (Å²) in [6.07, 6.45) is 2.30. The first kappa shape index (κ1) is 15.9. The number of para-hydroxylation sites is 2. The van der Waals surface area contributed by atoms with Gasteiger partial charge in [0.1, 0.15) is 5.75 Å². The molecule has 2 aromatic carbocycles. The van der Waals surface area contributed by atoms with E-state index in [4.69, 9.17) is 4.74 Å². The Hall–Kier alpha value is -2.00. The largest absolute Gasteiger partial charge is 0.494 e. The van der Waals surface area contributed by atoms with Gasteiger partial charge in [-0.05, 0) is 44.2 Å². The van der Waals surface area contributed by atoms with E-state index in [1.54, 1.807) is 0 Å². The molecule has 0 amide bonds. The van der Waals surface area contributed by atoms with Crippen molar-refractivity contribution in [2.45, 2.75) is 18.9 Å². The lowest BCUT2D eigenvalue weighted by molar-refractivity contribution is 0.225. The predicted octanol–water partition coefficient (Wildman–Crippen LogP) is 3.67. The van der Waals surface area contributed by atoms with Gasteiger partial charge < -0.3 is 14.5 Å².